The van der Waals surface area contributed by atoms with Gasteiger partial charge in [-0.1, -0.05) is 24.3 Å². The van der Waals surface area contributed by atoms with E-state index in [0.29, 0.717) is 30.8 Å². The number of nitrogens with zero attached hydrogens (tertiary/aromatic N) is 3. The molecule has 0 bridgehead atoms. The third-order valence-electron chi connectivity index (χ3n) is 6.37. The van der Waals surface area contributed by atoms with Crippen LogP contribution in [-0.2, 0) is 9.59 Å². The minimum atomic E-state index is -0.597. The van der Waals surface area contributed by atoms with Gasteiger partial charge in [0.05, 0.1) is 22.5 Å². The number of halogens is 1. The molecule has 0 saturated carbocycles. The number of benzene rings is 2. The van der Waals surface area contributed by atoms with E-state index in [1.807, 2.05) is 30.3 Å². The summed E-state index contributed by atoms with van der Waals surface area (Å²) in [5.41, 5.74) is 0.807. The van der Waals surface area contributed by atoms with Gasteiger partial charge in [0.2, 0.25) is 11.8 Å². The van der Waals surface area contributed by atoms with Crippen molar-refractivity contribution in [2.24, 2.45) is 0 Å². The van der Waals surface area contributed by atoms with E-state index < -0.39 is 11.6 Å². The lowest BCUT2D eigenvalue weighted by molar-refractivity contribution is -0.141. The maximum absolute atomic E-state index is 14.1. The van der Waals surface area contributed by atoms with Gasteiger partial charge in [-0.2, -0.15) is 0 Å². The number of nitrogens with one attached hydrogen (secondary N) is 1. The number of carbonyl (C=O) groups excluding carboxylic acids is 2. The molecule has 2 atom stereocenters. The Morgan fingerprint density at radius 3 is 2.88 bits per heavy atom. The Hall–Kier alpha value is -3.55. The molecule has 7 nitrogen and oxygen atoms in total. The molecule has 2 aliphatic heterocycles. The van der Waals surface area contributed by atoms with Gasteiger partial charge in [-0.05, 0) is 49.1 Å². The van der Waals surface area contributed by atoms with Gasteiger partial charge in [0, 0.05) is 13.0 Å². The van der Waals surface area contributed by atoms with E-state index >= 15 is 0 Å². The molecule has 32 heavy (non-hydrogen) atoms. The summed E-state index contributed by atoms with van der Waals surface area (Å²) >= 11 is 0. The minimum absolute atomic E-state index is 0.0376. The van der Waals surface area contributed by atoms with Crippen molar-refractivity contribution in [1.82, 2.24) is 20.2 Å². The van der Waals surface area contributed by atoms with Crippen molar-refractivity contribution in [1.29, 1.82) is 0 Å². The normalized spacial score (nSPS) is 22.8. The molecule has 1 aromatic heterocycles. The second-order valence-electron chi connectivity index (χ2n) is 8.34. The average Bonchev–Trinajstić information content (AvgIpc) is 3.17. The zero-order valence-corrected chi connectivity index (χ0v) is 17.5. The van der Waals surface area contributed by atoms with E-state index in [4.69, 9.17) is 4.74 Å². The van der Waals surface area contributed by atoms with E-state index in [-0.39, 0.29) is 24.2 Å². The molecular weight excluding hydrogens is 411 g/mol. The summed E-state index contributed by atoms with van der Waals surface area (Å²) in [5, 5.41) is 3.83. The van der Waals surface area contributed by atoms with Crippen LogP contribution < -0.4 is 10.1 Å². The highest BCUT2D eigenvalue weighted by molar-refractivity contribution is 5.84. The molecule has 2 saturated heterocycles. The van der Waals surface area contributed by atoms with Crippen molar-refractivity contribution in [3.05, 3.63) is 66.2 Å². The lowest BCUT2D eigenvalue weighted by Crippen LogP contribution is -2.58. The molecule has 0 radical (unpaired) electrons. The van der Waals surface area contributed by atoms with Crippen molar-refractivity contribution in [2.45, 2.75) is 37.3 Å². The summed E-state index contributed by atoms with van der Waals surface area (Å²) in [5.74, 6) is -0.303. The number of piperidine rings is 1. The van der Waals surface area contributed by atoms with Crippen LogP contribution in [0.2, 0.25) is 0 Å². The van der Waals surface area contributed by atoms with Gasteiger partial charge >= 0.3 is 0 Å². The summed E-state index contributed by atoms with van der Waals surface area (Å²) in [7, 11) is 0. The Labute approximate surface area is 184 Å². The van der Waals surface area contributed by atoms with Crippen LogP contribution in [0.5, 0.6) is 5.88 Å². The van der Waals surface area contributed by atoms with Gasteiger partial charge < -0.3 is 15.0 Å². The van der Waals surface area contributed by atoms with E-state index in [2.05, 4.69) is 15.3 Å². The summed E-state index contributed by atoms with van der Waals surface area (Å²) in [6.45, 7) is 0.294. The van der Waals surface area contributed by atoms with E-state index in [9.17, 15) is 14.0 Å². The highest BCUT2D eigenvalue weighted by Gasteiger charge is 2.50. The molecule has 0 aliphatic carbocycles. The topological polar surface area (TPSA) is 84.4 Å². The molecule has 0 unspecified atom stereocenters. The average molecular weight is 434 g/mol. The molecule has 1 spiro atoms. The third-order valence-corrected chi connectivity index (χ3v) is 6.37. The number of hydrogen-bond donors (Lipinski definition) is 1. The fourth-order valence-electron chi connectivity index (χ4n) is 5.01. The van der Waals surface area contributed by atoms with Crippen LogP contribution in [0.3, 0.4) is 0 Å². The molecule has 2 aromatic carbocycles. The first-order chi connectivity index (χ1) is 15.6. The zero-order chi connectivity index (χ0) is 22.1. The molecular formula is C24H23FN4O3. The van der Waals surface area contributed by atoms with Crippen LogP contribution in [0.25, 0.3) is 10.9 Å². The Kier molecular flexibility index (Phi) is 5.20. The maximum atomic E-state index is 14.1. The number of rotatable bonds is 4. The Morgan fingerprint density at radius 1 is 1.19 bits per heavy atom. The van der Waals surface area contributed by atoms with Gasteiger partial charge in [-0.3, -0.25) is 9.59 Å². The van der Waals surface area contributed by atoms with Gasteiger partial charge in [0.25, 0.3) is 5.91 Å². The van der Waals surface area contributed by atoms with E-state index in [1.165, 1.54) is 18.5 Å². The summed E-state index contributed by atoms with van der Waals surface area (Å²) < 4.78 is 19.9. The molecule has 2 amide bonds. The van der Waals surface area contributed by atoms with Crippen molar-refractivity contribution >= 4 is 22.7 Å². The number of hydrogen-bond acceptors (Lipinski definition) is 5. The summed E-state index contributed by atoms with van der Waals surface area (Å²) in [6, 6.07) is 13.2. The van der Waals surface area contributed by atoms with Crippen LogP contribution in [0, 0.1) is 5.82 Å². The van der Waals surface area contributed by atoms with Crippen LogP contribution in [0.15, 0.2) is 54.9 Å². The Bertz CT molecular complexity index is 1180. The maximum Gasteiger partial charge on any atom is 0.261 e. The quantitative estimate of drug-likeness (QED) is 0.682. The molecule has 5 rings (SSSR count). The number of amides is 2. The van der Waals surface area contributed by atoms with Crippen LogP contribution in [0.4, 0.5) is 4.39 Å². The van der Waals surface area contributed by atoms with Gasteiger partial charge in [-0.25, -0.2) is 14.4 Å². The molecule has 3 aromatic rings. The summed E-state index contributed by atoms with van der Waals surface area (Å²) in [4.78, 5) is 35.6. The minimum Gasteiger partial charge on any atom is -0.467 e. The van der Waals surface area contributed by atoms with Crippen molar-refractivity contribution in [2.75, 3.05) is 13.2 Å². The highest BCUT2D eigenvalue weighted by atomic mass is 19.1. The Morgan fingerprint density at radius 2 is 2.06 bits per heavy atom. The first kappa shape index (κ1) is 20.4. The predicted molar refractivity (Wildman–Crippen MR) is 115 cm³/mol. The SMILES string of the molecule is O=C1CC[C@]2(CCCN(C(=O)COc3ncnc4ccccc34)[C@@H]2c2cccc(F)c2)N1. The van der Waals surface area contributed by atoms with Gasteiger partial charge in [0.15, 0.2) is 6.61 Å². The van der Waals surface area contributed by atoms with Crippen LogP contribution >= 0.6 is 0 Å². The fraction of sp³-hybridized carbons (Fsp3) is 0.333. The molecule has 2 fully saturated rings. The smallest absolute Gasteiger partial charge is 0.261 e. The number of carbonyl (C=O) groups is 2. The van der Waals surface area contributed by atoms with Crippen LogP contribution in [-0.4, -0.2) is 45.4 Å². The van der Waals surface area contributed by atoms with E-state index in [1.54, 1.807) is 11.0 Å². The fourth-order valence-corrected chi connectivity index (χ4v) is 5.01. The number of fused-ring (bicyclic) bond motifs is 1. The monoisotopic (exact) mass is 434 g/mol. The first-order valence-corrected chi connectivity index (χ1v) is 10.7. The van der Waals surface area contributed by atoms with E-state index in [0.717, 1.165) is 23.7 Å². The molecule has 8 heteroatoms. The zero-order valence-electron chi connectivity index (χ0n) is 17.5. The van der Waals surface area contributed by atoms with Crippen molar-refractivity contribution in [3.63, 3.8) is 0 Å². The second kappa shape index (κ2) is 8.18. The van der Waals surface area contributed by atoms with Crippen molar-refractivity contribution < 1.29 is 18.7 Å². The number of aromatic nitrogens is 2. The summed E-state index contributed by atoms with van der Waals surface area (Å²) in [6.07, 6.45) is 3.89. The molecule has 164 valence electrons. The number of ether oxygens (including phenoxy) is 1. The molecule has 2 aliphatic rings. The lowest BCUT2D eigenvalue weighted by atomic mass is 9.76. The second-order valence-corrected chi connectivity index (χ2v) is 8.34. The van der Waals surface area contributed by atoms with Gasteiger partial charge in [-0.15, -0.1) is 0 Å². The third kappa shape index (κ3) is 3.66. The predicted octanol–water partition coefficient (Wildman–Crippen LogP) is 3.16. The Balaban J connectivity index is 1.43. The molecule has 3 heterocycles. The largest absolute Gasteiger partial charge is 0.467 e. The first-order valence-electron chi connectivity index (χ1n) is 10.7. The highest BCUT2D eigenvalue weighted by Crippen LogP contribution is 2.44. The standard InChI is InChI=1S/C24H23FN4O3/c25-17-6-3-5-16(13-17)22-24(11-9-20(30)28-24)10-4-12-29(22)21(31)14-32-23-18-7-1-2-8-19(18)26-15-27-23/h1-3,5-8,13,15,22H,4,9-12,14H2,(H,28,30)/t22-,24+/m1/s1. The number of likely N-dealkylation sites (tertiary alicyclic amines) is 1. The number of para-hydroxylation sites is 1. The van der Waals surface area contributed by atoms with Crippen molar-refractivity contribution in [3.8, 4) is 5.88 Å². The lowest BCUT2D eigenvalue weighted by Gasteiger charge is -2.48. The molecule has 1 N–H and O–H groups in total. The van der Waals surface area contributed by atoms with Gasteiger partial charge in [0.1, 0.15) is 12.1 Å². The van der Waals surface area contributed by atoms with Crippen LogP contribution in [0.1, 0.15) is 37.3 Å².